The van der Waals surface area contributed by atoms with E-state index < -0.39 is 0 Å². The number of likely N-dealkylation sites (tertiary alicyclic amines) is 1. The number of carbonyl (C=O) groups excluding carboxylic acids is 1. The fraction of sp³-hybridized carbons (Fsp3) is 0.929. The van der Waals surface area contributed by atoms with Crippen LogP contribution in [0.25, 0.3) is 0 Å². The number of hydrogen-bond donors (Lipinski definition) is 0. The van der Waals surface area contributed by atoms with Crippen LogP contribution in [0, 0.1) is 5.41 Å². The van der Waals surface area contributed by atoms with Gasteiger partial charge in [0.05, 0.1) is 0 Å². The van der Waals surface area contributed by atoms with Crippen molar-refractivity contribution in [2.24, 2.45) is 5.41 Å². The molecule has 1 spiro atoms. The number of carbonyl (C=O) groups is 1. The van der Waals surface area contributed by atoms with E-state index >= 15 is 0 Å². The number of rotatable bonds is 0. The second kappa shape index (κ2) is 4.51. The third-order valence-corrected chi connectivity index (χ3v) is 4.14. The highest BCUT2D eigenvalue weighted by Gasteiger charge is 2.38. The van der Waals surface area contributed by atoms with Gasteiger partial charge in [-0.3, -0.25) is 0 Å². The second-order valence-corrected chi connectivity index (χ2v) is 6.67. The Hall–Kier alpha value is -0.730. The first-order valence-corrected chi connectivity index (χ1v) is 6.88. The zero-order valence-electron chi connectivity index (χ0n) is 11.4. The molecule has 3 heteroatoms. The van der Waals surface area contributed by atoms with Gasteiger partial charge in [0.2, 0.25) is 0 Å². The molecule has 0 unspecified atom stereocenters. The van der Waals surface area contributed by atoms with Gasteiger partial charge in [0.15, 0.2) is 0 Å². The maximum atomic E-state index is 11.9. The summed E-state index contributed by atoms with van der Waals surface area (Å²) in [5, 5.41) is 0. The molecule has 1 heterocycles. The average Bonchev–Trinajstić information content (AvgIpc) is 2.65. The quantitative estimate of drug-likeness (QED) is 0.646. The lowest BCUT2D eigenvalue weighted by molar-refractivity contribution is 0.0107. The zero-order chi connectivity index (χ0) is 12.5. The first kappa shape index (κ1) is 12.7. The summed E-state index contributed by atoms with van der Waals surface area (Å²) in [7, 11) is 0. The third kappa shape index (κ3) is 3.14. The first-order valence-electron chi connectivity index (χ1n) is 6.88. The number of ether oxygens (including phenoxy) is 1. The summed E-state index contributed by atoms with van der Waals surface area (Å²) in [5.74, 6) is 0. The smallest absolute Gasteiger partial charge is 0.410 e. The Bertz CT molecular complexity index is 277. The van der Waals surface area contributed by atoms with Crippen LogP contribution >= 0.6 is 0 Å². The molecule has 0 atom stereocenters. The fourth-order valence-corrected chi connectivity index (χ4v) is 3.12. The molecule has 2 fully saturated rings. The lowest BCUT2D eigenvalue weighted by atomic mass is 9.77. The van der Waals surface area contributed by atoms with Gasteiger partial charge in [-0.2, -0.15) is 0 Å². The third-order valence-electron chi connectivity index (χ3n) is 4.14. The van der Waals surface area contributed by atoms with Crippen molar-refractivity contribution in [1.29, 1.82) is 0 Å². The van der Waals surface area contributed by atoms with Crippen molar-refractivity contribution in [2.45, 2.75) is 64.9 Å². The highest BCUT2D eigenvalue weighted by molar-refractivity contribution is 5.68. The molecule has 0 radical (unpaired) electrons. The van der Waals surface area contributed by atoms with Gasteiger partial charge in [-0.25, -0.2) is 4.79 Å². The fourth-order valence-electron chi connectivity index (χ4n) is 3.12. The van der Waals surface area contributed by atoms with E-state index in [9.17, 15) is 4.79 Å². The number of hydrogen-bond acceptors (Lipinski definition) is 2. The molecule has 1 amide bonds. The summed E-state index contributed by atoms with van der Waals surface area (Å²) in [6, 6.07) is 0. The van der Waals surface area contributed by atoms with Crippen LogP contribution in [0.2, 0.25) is 0 Å². The molecule has 98 valence electrons. The standard InChI is InChI=1S/C14H25NO2/c1-13(2,3)17-12(16)15-10-8-14(9-11-15)6-4-5-7-14/h4-11H2,1-3H3. The zero-order valence-corrected chi connectivity index (χ0v) is 11.4. The predicted molar refractivity (Wildman–Crippen MR) is 67.9 cm³/mol. The normalized spacial score (nSPS) is 24.1. The van der Waals surface area contributed by atoms with E-state index in [2.05, 4.69) is 0 Å². The molecule has 17 heavy (non-hydrogen) atoms. The van der Waals surface area contributed by atoms with Crippen LogP contribution in [0.3, 0.4) is 0 Å². The highest BCUT2D eigenvalue weighted by Crippen LogP contribution is 2.46. The van der Waals surface area contributed by atoms with Crippen LogP contribution in [0.15, 0.2) is 0 Å². The molecule has 1 saturated heterocycles. The van der Waals surface area contributed by atoms with Gasteiger partial charge < -0.3 is 9.64 Å². The molecular formula is C14H25NO2. The van der Waals surface area contributed by atoms with E-state index in [0.29, 0.717) is 5.41 Å². The molecule has 1 aliphatic carbocycles. The van der Waals surface area contributed by atoms with Crippen LogP contribution in [0.1, 0.15) is 59.3 Å². The number of nitrogens with zero attached hydrogens (tertiary/aromatic N) is 1. The van der Waals surface area contributed by atoms with Gasteiger partial charge in [0.1, 0.15) is 5.60 Å². The highest BCUT2D eigenvalue weighted by atomic mass is 16.6. The number of amides is 1. The summed E-state index contributed by atoms with van der Waals surface area (Å²) >= 11 is 0. The maximum Gasteiger partial charge on any atom is 0.410 e. The molecular weight excluding hydrogens is 214 g/mol. The largest absolute Gasteiger partial charge is 0.444 e. The molecule has 2 rings (SSSR count). The van der Waals surface area contributed by atoms with Crippen LogP contribution in [-0.2, 0) is 4.74 Å². The van der Waals surface area contributed by atoms with E-state index in [1.165, 1.54) is 38.5 Å². The Labute approximate surface area is 105 Å². The summed E-state index contributed by atoms with van der Waals surface area (Å²) in [4.78, 5) is 13.8. The van der Waals surface area contributed by atoms with E-state index in [1.54, 1.807) is 0 Å². The van der Waals surface area contributed by atoms with Crippen molar-refractivity contribution >= 4 is 6.09 Å². The molecule has 2 aliphatic rings. The van der Waals surface area contributed by atoms with Crippen LogP contribution in [0.4, 0.5) is 4.79 Å². The summed E-state index contributed by atoms with van der Waals surface area (Å²) in [6.07, 6.45) is 7.71. The molecule has 0 aromatic carbocycles. The molecule has 0 aromatic rings. The minimum absolute atomic E-state index is 0.134. The van der Waals surface area contributed by atoms with Gasteiger partial charge in [-0.1, -0.05) is 12.8 Å². The lowest BCUT2D eigenvalue weighted by Gasteiger charge is -2.39. The molecule has 1 saturated carbocycles. The minimum atomic E-state index is -0.375. The van der Waals surface area contributed by atoms with E-state index in [-0.39, 0.29) is 11.7 Å². The predicted octanol–water partition coefficient (Wildman–Crippen LogP) is 3.58. The Morgan fingerprint density at radius 3 is 2.06 bits per heavy atom. The summed E-state index contributed by atoms with van der Waals surface area (Å²) in [5.41, 5.74) is 0.193. The Kier molecular flexibility index (Phi) is 3.37. The summed E-state index contributed by atoms with van der Waals surface area (Å²) < 4.78 is 5.42. The molecule has 0 bridgehead atoms. The van der Waals surface area contributed by atoms with E-state index in [0.717, 1.165) is 13.1 Å². The monoisotopic (exact) mass is 239 g/mol. The first-order chi connectivity index (χ1) is 7.90. The van der Waals surface area contributed by atoms with Crippen molar-refractivity contribution in [2.75, 3.05) is 13.1 Å². The van der Waals surface area contributed by atoms with Gasteiger partial charge in [0.25, 0.3) is 0 Å². The van der Waals surface area contributed by atoms with Crippen LogP contribution in [-0.4, -0.2) is 29.7 Å². The van der Waals surface area contributed by atoms with Gasteiger partial charge >= 0.3 is 6.09 Å². The molecule has 0 aromatic heterocycles. The topological polar surface area (TPSA) is 29.5 Å². The Balaban J connectivity index is 1.84. The Morgan fingerprint density at radius 2 is 1.59 bits per heavy atom. The molecule has 3 nitrogen and oxygen atoms in total. The van der Waals surface area contributed by atoms with Crippen molar-refractivity contribution in [3.63, 3.8) is 0 Å². The van der Waals surface area contributed by atoms with Gasteiger partial charge in [-0.15, -0.1) is 0 Å². The van der Waals surface area contributed by atoms with E-state index in [1.807, 2.05) is 25.7 Å². The van der Waals surface area contributed by atoms with Crippen molar-refractivity contribution in [1.82, 2.24) is 4.90 Å². The van der Waals surface area contributed by atoms with Crippen molar-refractivity contribution < 1.29 is 9.53 Å². The number of piperidine rings is 1. The second-order valence-electron chi connectivity index (χ2n) is 6.67. The SMILES string of the molecule is CC(C)(C)OC(=O)N1CCC2(CCCC2)CC1. The van der Waals surface area contributed by atoms with Gasteiger partial charge in [0, 0.05) is 13.1 Å². The molecule has 0 N–H and O–H groups in total. The maximum absolute atomic E-state index is 11.9. The van der Waals surface area contributed by atoms with Crippen molar-refractivity contribution in [3.8, 4) is 0 Å². The van der Waals surface area contributed by atoms with Crippen molar-refractivity contribution in [3.05, 3.63) is 0 Å². The van der Waals surface area contributed by atoms with E-state index in [4.69, 9.17) is 4.74 Å². The van der Waals surface area contributed by atoms with Gasteiger partial charge in [-0.05, 0) is 51.9 Å². The average molecular weight is 239 g/mol. The minimum Gasteiger partial charge on any atom is -0.444 e. The van der Waals surface area contributed by atoms with Crippen LogP contribution in [0.5, 0.6) is 0 Å². The Morgan fingerprint density at radius 1 is 1.06 bits per heavy atom. The molecule has 1 aliphatic heterocycles. The lowest BCUT2D eigenvalue weighted by Crippen LogP contribution is -2.44. The summed E-state index contributed by atoms with van der Waals surface area (Å²) in [6.45, 7) is 7.54. The van der Waals surface area contributed by atoms with Crippen LogP contribution < -0.4 is 0 Å².